The molecule has 0 aromatic heterocycles. The first-order chi connectivity index (χ1) is 16.0. The van der Waals surface area contributed by atoms with Gasteiger partial charge in [-0.15, -0.1) is 0 Å². The lowest BCUT2D eigenvalue weighted by Crippen LogP contribution is -2.52. The van der Waals surface area contributed by atoms with E-state index in [-0.39, 0.29) is 24.4 Å². The van der Waals surface area contributed by atoms with Gasteiger partial charge in [-0.25, -0.2) is 12.7 Å². The van der Waals surface area contributed by atoms with Gasteiger partial charge in [0, 0.05) is 33.6 Å². The molecule has 11 heteroatoms. The van der Waals surface area contributed by atoms with Crippen molar-refractivity contribution in [3.8, 4) is 11.1 Å². The van der Waals surface area contributed by atoms with E-state index < -0.39 is 46.1 Å². The van der Waals surface area contributed by atoms with Gasteiger partial charge in [0.2, 0.25) is 21.8 Å². The highest BCUT2D eigenvalue weighted by atomic mass is 32.2. The van der Waals surface area contributed by atoms with Crippen LogP contribution in [0.2, 0.25) is 0 Å². The Morgan fingerprint density at radius 2 is 1.59 bits per heavy atom. The number of hydrogen-bond donors (Lipinski definition) is 2. The summed E-state index contributed by atoms with van der Waals surface area (Å²) in [5, 5.41) is 10.8. The zero-order valence-electron chi connectivity index (χ0n) is 18.7. The summed E-state index contributed by atoms with van der Waals surface area (Å²) in [5.41, 5.74) is 2.45. The minimum Gasteiger partial charge on any atom is -0.480 e. The van der Waals surface area contributed by atoms with Crippen LogP contribution in [0.5, 0.6) is 0 Å². The van der Waals surface area contributed by atoms with Crippen LogP contribution >= 0.6 is 0 Å². The number of carbonyl (C=O) groups excluding carboxylic acids is 3. The third kappa shape index (κ3) is 5.49. The zero-order chi connectivity index (χ0) is 25.0. The first-order valence-electron chi connectivity index (χ1n) is 10.4. The number of piperidine rings is 1. The Morgan fingerprint density at radius 1 is 1.03 bits per heavy atom. The summed E-state index contributed by atoms with van der Waals surface area (Å²) >= 11 is 0. The molecule has 1 saturated heterocycles. The number of amides is 2. The van der Waals surface area contributed by atoms with Gasteiger partial charge in [0.25, 0.3) is 0 Å². The fourth-order valence-electron chi connectivity index (χ4n) is 3.55. The molecule has 34 heavy (non-hydrogen) atoms. The van der Waals surface area contributed by atoms with Gasteiger partial charge in [-0.2, -0.15) is 0 Å². The number of carboxylic acid groups (broad SMARTS) is 1. The summed E-state index contributed by atoms with van der Waals surface area (Å²) in [4.78, 5) is 49.2. The largest absolute Gasteiger partial charge is 0.480 e. The number of carboxylic acids is 1. The molecular formula is C23H25N3O7S. The van der Waals surface area contributed by atoms with Crippen LogP contribution in [0.4, 0.5) is 0 Å². The van der Waals surface area contributed by atoms with E-state index in [1.807, 2.05) is 24.3 Å². The second-order valence-electron chi connectivity index (χ2n) is 8.03. The molecule has 0 radical (unpaired) electrons. The molecule has 0 bridgehead atoms. The molecule has 180 valence electrons. The highest BCUT2D eigenvalue weighted by Crippen LogP contribution is 2.24. The van der Waals surface area contributed by atoms with E-state index in [2.05, 4.69) is 5.32 Å². The SMILES string of the molecule is CN(C)S(=O)(=O)c1ccc(-c2ccc(CN3CCC(=O)C(C(=O)NCC(=O)O)C3=O)cc2)cc1. The molecule has 3 rings (SSSR count). The van der Waals surface area contributed by atoms with Gasteiger partial charge in [-0.05, 0) is 28.8 Å². The van der Waals surface area contributed by atoms with E-state index in [9.17, 15) is 27.6 Å². The van der Waals surface area contributed by atoms with Crippen molar-refractivity contribution < 1.29 is 32.7 Å². The first kappa shape index (κ1) is 25.1. The number of aliphatic carboxylic acids is 1. The molecule has 0 spiro atoms. The van der Waals surface area contributed by atoms with E-state index in [0.29, 0.717) is 0 Å². The number of rotatable bonds is 8. The number of nitrogens with one attached hydrogen (secondary N) is 1. The quantitative estimate of drug-likeness (QED) is 0.523. The minimum absolute atomic E-state index is 0.0111. The molecule has 1 atom stereocenters. The van der Waals surface area contributed by atoms with Crippen LogP contribution in [-0.4, -0.2) is 73.5 Å². The fourth-order valence-corrected chi connectivity index (χ4v) is 4.45. The molecule has 0 saturated carbocycles. The molecule has 0 aliphatic carbocycles. The summed E-state index contributed by atoms with van der Waals surface area (Å²) < 4.78 is 25.6. The maximum atomic E-state index is 12.7. The lowest BCUT2D eigenvalue weighted by Gasteiger charge is -2.30. The predicted octanol–water partition coefficient (Wildman–Crippen LogP) is 0.722. The summed E-state index contributed by atoms with van der Waals surface area (Å²) in [6.07, 6.45) is 0.0111. The third-order valence-corrected chi connectivity index (χ3v) is 7.31. The van der Waals surface area contributed by atoms with E-state index in [0.717, 1.165) is 21.0 Å². The first-order valence-corrected chi connectivity index (χ1v) is 11.9. The average Bonchev–Trinajstić information content (AvgIpc) is 2.80. The molecule has 2 amide bonds. The second kappa shape index (κ2) is 10.1. The number of nitrogens with zero attached hydrogens (tertiary/aromatic N) is 2. The van der Waals surface area contributed by atoms with Crippen molar-refractivity contribution in [2.75, 3.05) is 27.2 Å². The molecule has 2 aromatic carbocycles. The van der Waals surface area contributed by atoms with E-state index in [4.69, 9.17) is 5.11 Å². The second-order valence-corrected chi connectivity index (χ2v) is 10.2. The molecule has 1 unspecified atom stereocenters. The smallest absolute Gasteiger partial charge is 0.322 e. The molecule has 1 aliphatic heterocycles. The highest BCUT2D eigenvalue weighted by molar-refractivity contribution is 7.89. The minimum atomic E-state index is -3.51. The molecular weight excluding hydrogens is 462 g/mol. The van der Waals surface area contributed by atoms with Gasteiger partial charge < -0.3 is 15.3 Å². The Morgan fingerprint density at radius 3 is 2.12 bits per heavy atom. The Labute approximate surface area is 197 Å². The molecule has 1 fully saturated rings. The zero-order valence-corrected chi connectivity index (χ0v) is 19.5. The van der Waals surface area contributed by atoms with Crippen molar-refractivity contribution in [3.05, 3.63) is 54.1 Å². The number of carbonyl (C=O) groups is 4. The van der Waals surface area contributed by atoms with Gasteiger partial charge in [-0.1, -0.05) is 36.4 Å². The van der Waals surface area contributed by atoms with Crippen LogP contribution in [0.1, 0.15) is 12.0 Å². The standard InChI is InChI=1S/C23H25N3O7S/c1-25(2)34(32,33)18-9-7-17(8-10-18)16-5-3-15(4-6-16)14-26-12-11-19(27)21(23(26)31)22(30)24-13-20(28)29/h3-10,21H,11-14H2,1-2H3,(H,24,30)(H,28,29). The van der Waals surface area contributed by atoms with Crippen LogP contribution in [0, 0.1) is 5.92 Å². The summed E-state index contributed by atoms with van der Waals surface area (Å²) in [6, 6.07) is 13.8. The monoisotopic (exact) mass is 487 g/mol. The summed E-state index contributed by atoms with van der Waals surface area (Å²) in [5.74, 6) is -4.89. The Balaban J connectivity index is 1.69. The molecule has 2 N–H and O–H groups in total. The van der Waals surface area contributed by atoms with E-state index in [1.54, 1.807) is 12.1 Å². The maximum Gasteiger partial charge on any atom is 0.322 e. The van der Waals surface area contributed by atoms with Crippen LogP contribution in [0.15, 0.2) is 53.4 Å². The van der Waals surface area contributed by atoms with Crippen molar-refractivity contribution in [1.82, 2.24) is 14.5 Å². The molecule has 1 aliphatic rings. The van der Waals surface area contributed by atoms with Crippen molar-refractivity contribution in [3.63, 3.8) is 0 Å². The van der Waals surface area contributed by atoms with E-state index in [1.165, 1.54) is 31.1 Å². The van der Waals surface area contributed by atoms with Crippen LogP contribution < -0.4 is 5.32 Å². The molecule has 2 aromatic rings. The van der Waals surface area contributed by atoms with Crippen molar-refractivity contribution in [1.29, 1.82) is 0 Å². The molecule has 10 nitrogen and oxygen atoms in total. The number of Topliss-reactive ketones (excluding diaryl/α,β-unsaturated/α-hetero) is 1. The fraction of sp³-hybridized carbons (Fsp3) is 0.304. The van der Waals surface area contributed by atoms with E-state index >= 15 is 0 Å². The van der Waals surface area contributed by atoms with Gasteiger partial charge in [0.1, 0.15) is 6.54 Å². The van der Waals surface area contributed by atoms with Crippen LogP contribution in [0.25, 0.3) is 11.1 Å². The van der Waals surface area contributed by atoms with Gasteiger partial charge >= 0.3 is 5.97 Å². The predicted molar refractivity (Wildman–Crippen MR) is 122 cm³/mol. The third-order valence-electron chi connectivity index (χ3n) is 5.48. The number of ketones is 1. The van der Waals surface area contributed by atoms with Crippen molar-refractivity contribution in [2.45, 2.75) is 17.9 Å². The van der Waals surface area contributed by atoms with Crippen molar-refractivity contribution in [2.24, 2.45) is 5.92 Å². The summed E-state index contributed by atoms with van der Waals surface area (Å²) in [7, 11) is -0.577. The van der Waals surface area contributed by atoms with Gasteiger partial charge in [0.05, 0.1) is 4.90 Å². The normalized spacial score (nSPS) is 16.6. The van der Waals surface area contributed by atoms with Gasteiger partial charge in [0.15, 0.2) is 11.7 Å². The summed E-state index contributed by atoms with van der Waals surface area (Å²) in [6.45, 7) is -0.307. The Hall–Kier alpha value is -3.57. The molecule has 1 heterocycles. The van der Waals surface area contributed by atoms with Gasteiger partial charge in [-0.3, -0.25) is 19.2 Å². The number of hydrogen-bond acceptors (Lipinski definition) is 6. The average molecular weight is 488 g/mol. The highest BCUT2D eigenvalue weighted by Gasteiger charge is 2.40. The number of benzene rings is 2. The Kier molecular flexibility index (Phi) is 7.48. The lowest BCUT2D eigenvalue weighted by molar-refractivity contribution is -0.152. The van der Waals surface area contributed by atoms with Crippen LogP contribution in [-0.2, 0) is 35.7 Å². The number of sulfonamides is 1. The van der Waals surface area contributed by atoms with Crippen molar-refractivity contribution >= 4 is 33.6 Å². The maximum absolute atomic E-state index is 12.7. The number of likely N-dealkylation sites (tertiary alicyclic amines) is 1. The Bertz CT molecular complexity index is 1210. The topological polar surface area (TPSA) is 141 Å². The lowest BCUT2D eigenvalue weighted by atomic mass is 9.94. The van der Waals surface area contributed by atoms with Crippen LogP contribution in [0.3, 0.4) is 0 Å².